The number of carbonyl (C=O) groups is 2. The normalized spacial score (nSPS) is 25.2. The standard InChI is InChI=1S/C24H30N2O8/c1-32-23-21(29)19(20(28)18(13-27)34-23)26-22(30)17(12-15-8-4-2-5-9-15)25-24(31)33-14-16-10-6-3-7-11-16/h2-11,17-21,23,27-29H,12-14H2,1H3,(H,25,31)(H,26,30)/t17-,18?,19?,20?,21?,23?/m0/s1. The molecule has 0 radical (unpaired) electrons. The molecule has 2 aromatic rings. The van der Waals surface area contributed by atoms with E-state index >= 15 is 0 Å². The van der Waals surface area contributed by atoms with Crippen LogP contribution in [0, 0.1) is 0 Å². The molecule has 0 bridgehead atoms. The number of benzene rings is 2. The summed E-state index contributed by atoms with van der Waals surface area (Å²) >= 11 is 0. The Balaban J connectivity index is 1.71. The summed E-state index contributed by atoms with van der Waals surface area (Å²) in [6.45, 7) is -0.519. The predicted molar refractivity (Wildman–Crippen MR) is 120 cm³/mol. The second-order valence-electron chi connectivity index (χ2n) is 7.93. The highest BCUT2D eigenvalue weighted by Crippen LogP contribution is 2.22. The quantitative estimate of drug-likeness (QED) is 0.344. The van der Waals surface area contributed by atoms with Gasteiger partial charge in [-0.1, -0.05) is 60.7 Å². The zero-order valence-electron chi connectivity index (χ0n) is 18.7. The van der Waals surface area contributed by atoms with Crippen molar-refractivity contribution in [3.63, 3.8) is 0 Å². The fourth-order valence-corrected chi connectivity index (χ4v) is 3.68. The minimum Gasteiger partial charge on any atom is -0.445 e. The number of alkyl carbamates (subject to hydrolysis) is 1. The summed E-state index contributed by atoms with van der Waals surface area (Å²) in [6.07, 6.45) is -5.71. The summed E-state index contributed by atoms with van der Waals surface area (Å²) in [5, 5.41) is 35.6. The number of aliphatic hydroxyl groups is 3. The van der Waals surface area contributed by atoms with Gasteiger partial charge in [0, 0.05) is 13.5 Å². The monoisotopic (exact) mass is 474 g/mol. The van der Waals surface area contributed by atoms with Crippen molar-refractivity contribution in [3.8, 4) is 0 Å². The van der Waals surface area contributed by atoms with Crippen LogP contribution in [0.4, 0.5) is 4.79 Å². The summed E-state index contributed by atoms with van der Waals surface area (Å²) in [5.41, 5.74) is 1.57. The molecule has 184 valence electrons. The molecule has 1 fully saturated rings. The van der Waals surface area contributed by atoms with Gasteiger partial charge in [-0.25, -0.2) is 4.79 Å². The minimum absolute atomic E-state index is 0.0252. The van der Waals surface area contributed by atoms with Gasteiger partial charge >= 0.3 is 6.09 Å². The molecule has 5 N–H and O–H groups in total. The number of rotatable bonds is 9. The number of aliphatic hydroxyl groups excluding tert-OH is 3. The van der Waals surface area contributed by atoms with E-state index in [1.54, 1.807) is 36.4 Å². The van der Waals surface area contributed by atoms with E-state index in [2.05, 4.69) is 10.6 Å². The third-order valence-corrected chi connectivity index (χ3v) is 5.53. The third-order valence-electron chi connectivity index (χ3n) is 5.53. The Kier molecular flexibility index (Phi) is 9.37. The first-order valence-corrected chi connectivity index (χ1v) is 10.9. The van der Waals surface area contributed by atoms with Crippen LogP contribution in [0.3, 0.4) is 0 Å². The lowest BCUT2D eigenvalue weighted by Gasteiger charge is -2.42. The lowest BCUT2D eigenvalue weighted by molar-refractivity contribution is -0.271. The summed E-state index contributed by atoms with van der Waals surface area (Å²) in [7, 11) is 1.29. The van der Waals surface area contributed by atoms with Gasteiger partial charge in [-0.2, -0.15) is 0 Å². The van der Waals surface area contributed by atoms with Gasteiger partial charge in [0.05, 0.1) is 12.6 Å². The van der Waals surface area contributed by atoms with Crippen LogP contribution in [0.15, 0.2) is 60.7 Å². The van der Waals surface area contributed by atoms with Crippen LogP contribution in [0.1, 0.15) is 11.1 Å². The van der Waals surface area contributed by atoms with Crippen LogP contribution in [-0.4, -0.2) is 77.7 Å². The zero-order valence-corrected chi connectivity index (χ0v) is 18.7. The Morgan fingerprint density at radius 3 is 2.21 bits per heavy atom. The molecule has 0 aliphatic carbocycles. The summed E-state index contributed by atoms with van der Waals surface area (Å²) < 4.78 is 15.6. The number of nitrogens with one attached hydrogen (secondary N) is 2. The SMILES string of the molecule is COC1OC(CO)C(O)C(NC(=O)[C@H](Cc2ccccc2)NC(=O)OCc2ccccc2)C1O. The van der Waals surface area contributed by atoms with Gasteiger partial charge in [0.1, 0.15) is 31.0 Å². The molecule has 5 unspecified atom stereocenters. The molecule has 6 atom stereocenters. The van der Waals surface area contributed by atoms with E-state index in [0.717, 1.165) is 11.1 Å². The van der Waals surface area contributed by atoms with Gasteiger partial charge in [0.15, 0.2) is 6.29 Å². The van der Waals surface area contributed by atoms with Crippen molar-refractivity contribution in [1.29, 1.82) is 0 Å². The number of amides is 2. The molecular formula is C24H30N2O8. The van der Waals surface area contributed by atoms with Gasteiger partial charge in [-0.15, -0.1) is 0 Å². The lowest BCUT2D eigenvalue weighted by Crippen LogP contribution is -2.66. The first-order chi connectivity index (χ1) is 16.4. The van der Waals surface area contributed by atoms with Crippen molar-refractivity contribution in [2.45, 2.75) is 49.7 Å². The fourth-order valence-electron chi connectivity index (χ4n) is 3.68. The maximum absolute atomic E-state index is 13.2. The maximum atomic E-state index is 13.2. The van der Waals surface area contributed by atoms with Crippen molar-refractivity contribution in [2.75, 3.05) is 13.7 Å². The highest BCUT2D eigenvalue weighted by atomic mass is 16.7. The number of hydrogen-bond donors (Lipinski definition) is 5. The van der Waals surface area contributed by atoms with E-state index in [1.165, 1.54) is 7.11 Å². The van der Waals surface area contributed by atoms with E-state index in [-0.39, 0.29) is 13.0 Å². The molecule has 2 amide bonds. The number of ether oxygens (including phenoxy) is 3. The smallest absolute Gasteiger partial charge is 0.408 e. The van der Waals surface area contributed by atoms with E-state index in [1.807, 2.05) is 24.3 Å². The molecule has 0 saturated carbocycles. The Hall–Kier alpha value is -3.02. The molecule has 1 aliphatic heterocycles. The molecular weight excluding hydrogens is 444 g/mol. The van der Waals surface area contributed by atoms with Gasteiger partial charge < -0.3 is 40.2 Å². The molecule has 10 nitrogen and oxygen atoms in total. The van der Waals surface area contributed by atoms with E-state index in [4.69, 9.17) is 14.2 Å². The largest absolute Gasteiger partial charge is 0.445 e. The van der Waals surface area contributed by atoms with Crippen molar-refractivity contribution in [3.05, 3.63) is 71.8 Å². The summed E-state index contributed by atoms with van der Waals surface area (Å²) in [5.74, 6) is -0.656. The van der Waals surface area contributed by atoms with Crippen molar-refractivity contribution < 1.29 is 39.1 Å². The highest BCUT2D eigenvalue weighted by Gasteiger charge is 2.45. The Bertz CT molecular complexity index is 898. The van der Waals surface area contributed by atoms with Gasteiger partial charge in [0.25, 0.3) is 0 Å². The van der Waals surface area contributed by atoms with E-state index in [9.17, 15) is 24.9 Å². The predicted octanol–water partition coefficient (Wildman–Crippen LogP) is 0.0943. The van der Waals surface area contributed by atoms with Crippen molar-refractivity contribution >= 4 is 12.0 Å². The molecule has 0 aromatic heterocycles. The Labute approximate surface area is 197 Å². The second kappa shape index (κ2) is 12.4. The number of methoxy groups -OCH3 is 1. The Morgan fingerprint density at radius 2 is 1.62 bits per heavy atom. The summed E-state index contributed by atoms with van der Waals surface area (Å²) in [6, 6.07) is 15.9. The topological polar surface area (TPSA) is 147 Å². The molecule has 34 heavy (non-hydrogen) atoms. The number of hydrogen-bond acceptors (Lipinski definition) is 8. The van der Waals surface area contributed by atoms with Gasteiger partial charge in [-0.3, -0.25) is 4.79 Å². The minimum atomic E-state index is -1.41. The average Bonchev–Trinajstić information content (AvgIpc) is 2.86. The van der Waals surface area contributed by atoms with Crippen LogP contribution in [0.5, 0.6) is 0 Å². The molecule has 2 aromatic carbocycles. The van der Waals surface area contributed by atoms with Crippen molar-refractivity contribution in [1.82, 2.24) is 10.6 Å². The fraction of sp³-hybridized carbons (Fsp3) is 0.417. The van der Waals surface area contributed by atoms with Crippen molar-refractivity contribution in [2.24, 2.45) is 0 Å². The van der Waals surface area contributed by atoms with Gasteiger partial charge in [0.2, 0.25) is 5.91 Å². The molecule has 1 heterocycles. The van der Waals surface area contributed by atoms with Crippen LogP contribution >= 0.6 is 0 Å². The van der Waals surface area contributed by atoms with Crippen LogP contribution < -0.4 is 10.6 Å². The molecule has 1 saturated heterocycles. The van der Waals surface area contributed by atoms with Crippen LogP contribution in [-0.2, 0) is 32.0 Å². The second-order valence-corrected chi connectivity index (χ2v) is 7.93. The molecule has 0 spiro atoms. The van der Waals surface area contributed by atoms with E-state index in [0.29, 0.717) is 0 Å². The van der Waals surface area contributed by atoms with Crippen LogP contribution in [0.25, 0.3) is 0 Å². The lowest BCUT2D eigenvalue weighted by atomic mass is 9.95. The summed E-state index contributed by atoms with van der Waals surface area (Å²) in [4.78, 5) is 25.6. The van der Waals surface area contributed by atoms with Gasteiger partial charge in [-0.05, 0) is 11.1 Å². The maximum Gasteiger partial charge on any atom is 0.408 e. The third kappa shape index (κ3) is 6.75. The molecule has 3 rings (SSSR count). The molecule has 1 aliphatic rings. The zero-order chi connectivity index (χ0) is 24.5. The molecule has 10 heteroatoms. The number of carbonyl (C=O) groups excluding carboxylic acids is 2. The van der Waals surface area contributed by atoms with E-state index < -0.39 is 55.3 Å². The van der Waals surface area contributed by atoms with Crippen LogP contribution in [0.2, 0.25) is 0 Å². The first-order valence-electron chi connectivity index (χ1n) is 10.9. The Morgan fingerprint density at radius 1 is 1.00 bits per heavy atom. The average molecular weight is 475 g/mol. The first kappa shape index (κ1) is 25.6. The highest BCUT2D eigenvalue weighted by molar-refractivity contribution is 5.86.